The van der Waals surface area contributed by atoms with Gasteiger partial charge in [-0.3, -0.25) is 38.4 Å². The molecule has 0 aromatic heterocycles. The lowest BCUT2D eigenvalue weighted by molar-refractivity contribution is -0.147. The van der Waals surface area contributed by atoms with Crippen LogP contribution in [0.4, 0.5) is 5.69 Å². The van der Waals surface area contributed by atoms with E-state index in [1.54, 1.807) is 38.9 Å². The number of nitrogens with zero attached hydrogens (tertiary/aromatic N) is 2. The molecule has 3 aromatic rings. The second kappa shape index (κ2) is 25.4. The number of rotatable bonds is 18. The molecular weight excluding hydrogens is 989 g/mol. The van der Waals surface area contributed by atoms with Crippen molar-refractivity contribution in [3.8, 4) is 0 Å². The molecule has 2 heterocycles. The lowest BCUT2D eigenvalue weighted by Gasteiger charge is -2.42. The number of likely N-dealkylation sites (tertiary alicyclic amines) is 1. The van der Waals surface area contributed by atoms with Crippen LogP contribution in [-0.2, 0) is 64.2 Å². The van der Waals surface area contributed by atoms with Gasteiger partial charge in [0.15, 0.2) is 0 Å². The molecule has 9 atom stereocenters. The fourth-order valence-corrected chi connectivity index (χ4v) is 11.3. The minimum Gasteiger partial charge on any atom is -0.351 e. The highest BCUT2D eigenvalue weighted by Crippen LogP contribution is 2.35. The summed E-state index contributed by atoms with van der Waals surface area (Å²) in [6.45, 7) is 14.7. The molecule has 0 bridgehead atoms. The Morgan fingerprint density at radius 2 is 1.09 bits per heavy atom. The van der Waals surface area contributed by atoms with Crippen molar-refractivity contribution in [2.24, 2.45) is 10.8 Å². The van der Waals surface area contributed by atoms with Gasteiger partial charge in [0.1, 0.15) is 24.2 Å². The van der Waals surface area contributed by atoms with Crippen LogP contribution in [0.1, 0.15) is 152 Å². The van der Waals surface area contributed by atoms with Gasteiger partial charge in [-0.1, -0.05) is 96.1 Å². The Morgan fingerprint density at radius 1 is 0.590 bits per heavy atom. The average molecular weight is 1070 g/mol. The van der Waals surface area contributed by atoms with Crippen molar-refractivity contribution < 1.29 is 38.4 Å². The molecule has 78 heavy (non-hydrogen) atoms. The largest absolute Gasteiger partial charge is 0.351 e. The Morgan fingerprint density at radius 3 is 1.62 bits per heavy atom. The van der Waals surface area contributed by atoms with Gasteiger partial charge in [-0.05, 0) is 136 Å². The van der Waals surface area contributed by atoms with E-state index in [2.05, 4.69) is 54.7 Å². The number of hydrogen-bond donors (Lipinski definition) is 8. The monoisotopic (exact) mass is 1070 g/mol. The third-order valence-corrected chi connectivity index (χ3v) is 16.1. The second-order valence-electron chi connectivity index (χ2n) is 24.0. The first-order valence-corrected chi connectivity index (χ1v) is 28.0. The topological polar surface area (TPSA) is 239 Å². The van der Waals surface area contributed by atoms with E-state index in [0.717, 1.165) is 60.8 Å². The van der Waals surface area contributed by atoms with Crippen LogP contribution in [0.5, 0.6) is 0 Å². The van der Waals surface area contributed by atoms with Gasteiger partial charge in [-0.15, -0.1) is 0 Å². The van der Waals surface area contributed by atoms with Crippen LogP contribution in [0.2, 0.25) is 0 Å². The molecule has 0 saturated carbocycles. The van der Waals surface area contributed by atoms with E-state index < -0.39 is 59.0 Å². The van der Waals surface area contributed by atoms with Crippen molar-refractivity contribution in [1.29, 1.82) is 0 Å². The van der Waals surface area contributed by atoms with E-state index >= 15 is 0 Å². The van der Waals surface area contributed by atoms with Crippen LogP contribution in [-0.4, -0.2) is 120 Å². The second-order valence-corrected chi connectivity index (χ2v) is 24.0. The van der Waals surface area contributed by atoms with E-state index in [4.69, 9.17) is 0 Å². The number of carbonyl (C=O) groups excluding carboxylic acids is 8. The summed E-state index contributed by atoms with van der Waals surface area (Å²) in [6.07, 6.45) is 5.81. The molecule has 0 spiro atoms. The highest BCUT2D eigenvalue weighted by atomic mass is 16.2. The first-order chi connectivity index (χ1) is 37.0. The lowest BCUT2D eigenvalue weighted by atomic mass is 9.83. The maximum atomic E-state index is 14.8. The summed E-state index contributed by atoms with van der Waals surface area (Å²) >= 11 is 0. The lowest BCUT2D eigenvalue weighted by Crippen LogP contribution is -2.62. The van der Waals surface area contributed by atoms with Gasteiger partial charge >= 0.3 is 0 Å². The summed E-state index contributed by atoms with van der Waals surface area (Å²) in [5.41, 5.74) is 5.16. The Bertz CT molecular complexity index is 2710. The van der Waals surface area contributed by atoms with E-state index in [0.29, 0.717) is 5.69 Å². The number of benzene rings is 3. The van der Waals surface area contributed by atoms with Crippen molar-refractivity contribution in [2.75, 3.05) is 26.0 Å². The molecule has 4 aliphatic rings. The molecule has 0 unspecified atom stereocenters. The van der Waals surface area contributed by atoms with Crippen LogP contribution in [0.25, 0.3) is 0 Å². The molecule has 422 valence electrons. The maximum Gasteiger partial charge on any atom is 0.246 e. The third kappa shape index (κ3) is 14.3. The van der Waals surface area contributed by atoms with E-state index in [1.807, 2.05) is 90.1 Å². The predicted octanol–water partition coefficient (Wildman–Crippen LogP) is 4.80. The zero-order valence-corrected chi connectivity index (χ0v) is 47.4. The van der Waals surface area contributed by atoms with Crippen LogP contribution in [0.15, 0.2) is 66.7 Å². The van der Waals surface area contributed by atoms with Gasteiger partial charge in [0.2, 0.25) is 47.3 Å². The third-order valence-electron chi connectivity index (χ3n) is 16.1. The fourth-order valence-electron chi connectivity index (χ4n) is 11.3. The number of aryl methyl sites for hydroxylation is 2. The number of amides is 8. The average Bonchev–Trinajstić information content (AvgIpc) is 3.91. The summed E-state index contributed by atoms with van der Waals surface area (Å²) in [6, 6.07) is 15.7. The van der Waals surface area contributed by atoms with Gasteiger partial charge in [-0.25, -0.2) is 0 Å². The number of likely N-dealkylation sites (N-methyl/N-ethyl adjacent to an activating group) is 2. The molecule has 1 fully saturated rings. The van der Waals surface area contributed by atoms with Crippen molar-refractivity contribution in [1.82, 2.24) is 47.0 Å². The van der Waals surface area contributed by atoms with Crippen LogP contribution < -0.4 is 42.5 Å². The minimum atomic E-state index is -0.961. The van der Waals surface area contributed by atoms with E-state index in [-0.39, 0.29) is 98.6 Å². The molecule has 18 heteroatoms. The standard InChI is InChI=1S/C60H84N10O8/c1-35(61-9)53(73)67-51(59(3,4)5)57(77)69-33-40-30-41(29-28-39(40)31-47(69)55(75)65-45-24-15-20-37-18-11-13-22-43(37)45)63-49(71)26-17-27-50(72)64-42-32-48(56(76)66-46-25-16-21-38-19-12-14-23-44(38)46)70(34-42)58(78)52(60(6,7)8)68-54(74)36(2)62-10/h11-14,18-19,22-23,28-30,35-36,42,45-48,51-52,61-62H,15-17,20-21,24-27,31-34H2,1-10H3,(H,63,71)(H,64,72)(H,65,75)(H,66,76)(H,67,73)(H,68,74)/t35-,36-,42-,45+,46+,47-,48-,51+,52+/m0/s1. The summed E-state index contributed by atoms with van der Waals surface area (Å²) in [4.78, 5) is 115. The summed E-state index contributed by atoms with van der Waals surface area (Å²) < 4.78 is 0. The number of anilines is 1. The highest BCUT2D eigenvalue weighted by Gasteiger charge is 2.47. The predicted molar refractivity (Wildman–Crippen MR) is 299 cm³/mol. The van der Waals surface area contributed by atoms with Crippen LogP contribution in [0, 0.1) is 10.8 Å². The summed E-state index contributed by atoms with van der Waals surface area (Å²) in [5.74, 6) is -2.76. The number of carbonyl (C=O) groups is 8. The Hall–Kier alpha value is -6.66. The molecule has 3 aromatic carbocycles. The molecule has 1 saturated heterocycles. The zero-order valence-electron chi connectivity index (χ0n) is 47.4. The van der Waals surface area contributed by atoms with Crippen molar-refractivity contribution in [3.63, 3.8) is 0 Å². The van der Waals surface area contributed by atoms with Gasteiger partial charge in [0.25, 0.3) is 0 Å². The zero-order chi connectivity index (χ0) is 56.6. The van der Waals surface area contributed by atoms with Gasteiger partial charge in [-0.2, -0.15) is 0 Å². The summed E-state index contributed by atoms with van der Waals surface area (Å²) in [7, 11) is 3.33. The number of fused-ring (bicyclic) bond motifs is 3. The highest BCUT2D eigenvalue weighted by molar-refractivity contribution is 5.96. The molecule has 18 nitrogen and oxygen atoms in total. The van der Waals surface area contributed by atoms with E-state index in [1.165, 1.54) is 16.0 Å². The first-order valence-electron chi connectivity index (χ1n) is 28.0. The van der Waals surface area contributed by atoms with Crippen LogP contribution in [0.3, 0.4) is 0 Å². The number of nitrogens with one attached hydrogen (secondary N) is 8. The molecule has 2 aliphatic heterocycles. The molecule has 8 amide bonds. The van der Waals surface area contributed by atoms with E-state index in [9.17, 15) is 38.4 Å². The normalized spacial score (nSPS) is 21.5. The first kappa shape index (κ1) is 59.0. The molecule has 8 N–H and O–H groups in total. The number of hydrogen-bond acceptors (Lipinski definition) is 10. The maximum absolute atomic E-state index is 14.8. The fraction of sp³-hybridized carbons (Fsp3) is 0.567. The van der Waals surface area contributed by atoms with Crippen LogP contribution >= 0.6 is 0 Å². The van der Waals surface area contributed by atoms with Gasteiger partial charge < -0.3 is 52.3 Å². The van der Waals surface area contributed by atoms with Crippen molar-refractivity contribution in [2.45, 2.75) is 187 Å². The quantitative estimate of drug-likeness (QED) is 0.0866. The summed E-state index contributed by atoms with van der Waals surface area (Å²) in [5, 5.41) is 24.2. The van der Waals surface area contributed by atoms with Gasteiger partial charge in [0.05, 0.1) is 24.2 Å². The Labute approximate surface area is 460 Å². The molecular formula is C60H84N10O8. The van der Waals surface area contributed by atoms with Crippen molar-refractivity contribution in [3.05, 3.63) is 100 Å². The molecule has 7 rings (SSSR count). The van der Waals surface area contributed by atoms with Gasteiger partial charge in [0, 0.05) is 44.1 Å². The minimum absolute atomic E-state index is 0.00585. The molecule has 2 aliphatic carbocycles. The molecule has 0 radical (unpaired) electrons. The Balaban J connectivity index is 1.01. The SMILES string of the molecule is CN[C@@H](C)C(=O)N[C@H](C(=O)N1Cc2cc(NC(=O)CCCC(=O)N[C@H]3C[C@@H](C(=O)N[C@@H]4CCCc5ccccc54)N(C(=O)[C@@H](NC(=O)[C@H](C)NC)C(C)(C)C)C3)ccc2C[C@H]1C(=O)N[C@@H]1CCCc2ccccc21)C(C)(C)C. The smallest absolute Gasteiger partial charge is 0.246 e. The Kier molecular flexibility index (Phi) is 19.2. The van der Waals surface area contributed by atoms with Crippen molar-refractivity contribution >= 4 is 52.9 Å².